The van der Waals surface area contributed by atoms with Crippen molar-refractivity contribution in [3.8, 4) is 5.75 Å². The summed E-state index contributed by atoms with van der Waals surface area (Å²) < 4.78 is 26.1. The van der Waals surface area contributed by atoms with E-state index in [0.717, 1.165) is 5.56 Å². The first-order chi connectivity index (χ1) is 16.8. The fourth-order valence-corrected chi connectivity index (χ4v) is 4.57. The number of benzene rings is 3. The van der Waals surface area contributed by atoms with Crippen molar-refractivity contribution in [1.29, 1.82) is 0 Å². The highest BCUT2D eigenvalue weighted by Gasteiger charge is 2.46. The number of aryl methyl sites for hydroxylation is 1. The monoisotopic (exact) mass is 491 g/mol. The van der Waals surface area contributed by atoms with Gasteiger partial charge in [-0.2, -0.15) is 0 Å². The van der Waals surface area contributed by atoms with Crippen molar-refractivity contribution < 1.29 is 28.2 Å². The van der Waals surface area contributed by atoms with E-state index < -0.39 is 29.3 Å². The van der Waals surface area contributed by atoms with Crippen LogP contribution < -0.4 is 9.64 Å². The van der Waals surface area contributed by atoms with Crippen LogP contribution in [0.1, 0.15) is 27.7 Å². The topological polar surface area (TPSA) is 80.0 Å². The molecule has 1 aromatic heterocycles. The minimum atomic E-state index is -1.21. The standard InChI is InChI=1S/C27H19ClFNO5/c1-14-6-5-7-17(10-14)30-23(18-8-3-4-9-19(18)29)22(25(32)27(30)33)24(31)20-12-15-11-16(28)13-21(34-2)26(15)35-20/h3-13,23,32H,1-2H3. The van der Waals surface area contributed by atoms with Crippen molar-refractivity contribution in [2.45, 2.75) is 13.0 Å². The fraction of sp³-hybridized carbons (Fsp3) is 0.111. The summed E-state index contributed by atoms with van der Waals surface area (Å²) in [6.07, 6.45) is 0. The lowest BCUT2D eigenvalue weighted by Crippen LogP contribution is -2.31. The van der Waals surface area contributed by atoms with Crippen LogP contribution in [0.4, 0.5) is 10.1 Å². The summed E-state index contributed by atoms with van der Waals surface area (Å²) in [5.74, 6) is -2.80. The molecule has 4 aromatic rings. The molecule has 6 nitrogen and oxygen atoms in total. The van der Waals surface area contributed by atoms with Crippen molar-refractivity contribution in [2.75, 3.05) is 12.0 Å². The third-order valence-electron chi connectivity index (χ3n) is 5.92. The molecule has 0 bridgehead atoms. The highest BCUT2D eigenvalue weighted by molar-refractivity contribution is 6.31. The zero-order valence-electron chi connectivity index (χ0n) is 18.7. The smallest absolute Gasteiger partial charge is 0.294 e. The molecule has 0 aliphatic carbocycles. The van der Waals surface area contributed by atoms with Gasteiger partial charge in [0.2, 0.25) is 5.78 Å². The van der Waals surface area contributed by atoms with Gasteiger partial charge in [-0.3, -0.25) is 14.5 Å². The van der Waals surface area contributed by atoms with Gasteiger partial charge in [-0.25, -0.2) is 4.39 Å². The molecule has 5 rings (SSSR count). The molecule has 8 heteroatoms. The number of rotatable bonds is 5. The molecule has 0 saturated carbocycles. The normalized spacial score (nSPS) is 15.8. The van der Waals surface area contributed by atoms with Crippen molar-refractivity contribution in [3.63, 3.8) is 0 Å². The number of hydrogen-bond acceptors (Lipinski definition) is 5. The number of anilines is 1. The maximum Gasteiger partial charge on any atom is 0.294 e. The zero-order valence-corrected chi connectivity index (χ0v) is 19.5. The Hall–Kier alpha value is -4.10. The minimum Gasteiger partial charge on any atom is -0.503 e. The predicted octanol–water partition coefficient (Wildman–Crippen LogP) is 6.33. The molecular weight excluding hydrogens is 473 g/mol. The average molecular weight is 492 g/mol. The summed E-state index contributed by atoms with van der Waals surface area (Å²) in [6, 6.07) is 16.2. The highest BCUT2D eigenvalue weighted by atomic mass is 35.5. The quantitative estimate of drug-likeness (QED) is 0.330. The van der Waals surface area contributed by atoms with Gasteiger partial charge in [0, 0.05) is 27.7 Å². The molecule has 3 aromatic carbocycles. The summed E-state index contributed by atoms with van der Waals surface area (Å²) in [6.45, 7) is 1.84. The second kappa shape index (κ2) is 8.60. The number of methoxy groups -OCH3 is 1. The molecule has 0 radical (unpaired) electrons. The number of amides is 1. The first-order valence-electron chi connectivity index (χ1n) is 10.7. The molecule has 1 atom stereocenters. The van der Waals surface area contributed by atoms with E-state index in [9.17, 15) is 14.7 Å². The van der Waals surface area contributed by atoms with E-state index in [4.69, 9.17) is 20.8 Å². The molecule has 0 saturated heterocycles. The van der Waals surface area contributed by atoms with E-state index in [1.807, 2.05) is 13.0 Å². The number of carbonyl (C=O) groups is 2. The Morgan fingerprint density at radius 2 is 1.89 bits per heavy atom. The van der Waals surface area contributed by atoms with E-state index in [2.05, 4.69) is 0 Å². The van der Waals surface area contributed by atoms with Gasteiger partial charge < -0.3 is 14.3 Å². The number of fused-ring (bicyclic) bond motifs is 1. The van der Waals surface area contributed by atoms with Crippen LogP contribution in [0.25, 0.3) is 11.0 Å². The Kier molecular flexibility index (Phi) is 5.57. The molecule has 1 amide bonds. The number of hydrogen-bond donors (Lipinski definition) is 1. The van der Waals surface area contributed by atoms with Gasteiger partial charge in [0.1, 0.15) is 5.82 Å². The van der Waals surface area contributed by atoms with Gasteiger partial charge in [-0.1, -0.05) is 41.9 Å². The van der Waals surface area contributed by atoms with Gasteiger partial charge in [0.15, 0.2) is 22.9 Å². The number of halogens is 2. The van der Waals surface area contributed by atoms with E-state index in [-0.39, 0.29) is 22.5 Å². The van der Waals surface area contributed by atoms with Gasteiger partial charge in [-0.05, 0) is 42.8 Å². The van der Waals surface area contributed by atoms with Crippen LogP contribution in [0.2, 0.25) is 5.02 Å². The number of ketones is 1. The number of aliphatic hydroxyl groups is 1. The first-order valence-corrected chi connectivity index (χ1v) is 11.1. The number of ether oxygens (including phenoxy) is 1. The summed E-state index contributed by atoms with van der Waals surface area (Å²) in [5, 5.41) is 11.8. The highest BCUT2D eigenvalue weighted by Crippen LogP contribution is 2.43. The Morgan fingerprint density at radius 1 is 1.11 bits per heavy atom. The van der Waals surface area contributed by atoms with Crippen LogP contribution in [0, 0.1) is 12.7 Å². The first kappa shape index (κ1) is 22.7. The number of carbonyl (C=O) groups excluding carboxylic acids is 2. The van der Waals surface area contributed by atoms with Crippen molar-refractivity contribution in [1.82, 2.24) is 0 Å². The summed E-state index contributed by atoms with van der Waals surface area (Å²) in [7, 11) is 1.44. The number of aliphatic hydroxyl groups excluding tert-OH is 1. The van der Waals surface area contributed by atoms with Gasteiger partial charge in [0.05, 0.1) is 18.7 Å². The van der Waals surface area contributed by atoms with E-state index in [1.54, 1.807) is 36.4 Å². The fourth-order valence-electron chi connectivity index (χ4n) is 4.35. The van der Waals surface area contributed by atoms with E-state index >= 15 is 4.39 Å². The Labute approximate surface area is 204 Å². The summed E-state index contributed by atoms with van der Waals surface area (Å²) in [4.78, 5) is 28.2. The SMILES string of the molecule is COc1cc(Cl)cc2cc(C(=O)C3=C(O)C(=O)N(c4cccc(C)c4)C3c3ccccc3F)oc12. The van der Waals surface area contributed by atoms with Crippen LogP contribution in [0.3, 0.4) is 0 Å². The van der Waals surface area contributed by atoms with Gasteiger partial charge in [0.25, 0.3) is 5.91 Å². The van der Waals surface area contributed by atoms with Crippen LogP contribution in [-0.4, -0.2) is 23.9 Å². The zero-order chi connectivity index (χ0) is 24.9. The summed E-state index contributed by atoms with van der Waals surface area (Å²) in [5.41, 5.74) is 1.32. The average Bonchev–Trinajstić information content (AvgIpc) is 3.37. The minimum absolute atomic E-state index is 0.0616. The van der Waals surface area contributed by atoms with E-state index in [0.29, 0.717) is 21.8 Å². The van der Waals surface area contributed by atoms with E-state index in [1.165, 1.54) is 36.3 Å². The lowest BCUT2D eigenvalue weighted by molar-refractivity contribution is -0.117. The molecular formula is C27H19ClFNO5. The van der Waals surface area contributed by atoms with Crippen LogP contribution in [-0.2, 0) is 4.79 Å². The third-order valence-corrected chi connectivity index (χ3v) is 6.14. The molecule has 176 valence electrons. The van der Waals surface area contributed by atoms with Crippen LogP contribution >= 0.6 is 11.6 Å². The molecule has 2 heterocycles. The molecule has 35 heavy (non-hydrogen) atoms. The molecule has 0 fully saturated rings. The third kappa shape index (κ3) is 3.74. The lowest BCUT2D eigenvalue weighted by atomic mass is 9.94. The number of nitrogens with zero attached hydrogens (tertiary/aromatic N) is 1. The predicted molar refractivity (Wildman–Crippen MR) is 130 cm³/mol. The Morgan fingerprint density at radius 3 is 2.60 bits per heavy atom. The molecule has 1 N–H and O–H groups in total. The summed E-state index contributed by atoms with van der Waals surface area (Å²) >= 11 is 6.13. The maximum atomic E-state index is 15.0. The second-order valence-electron chi connectivity index (χ2n) is 8.17. The maximum absolute atomic E-state index is 15.0. The number of furan rings is 1. The Balaban J connectivity index is 1.69. The largest absolute Gasteiger partial charge is 0.503 e. The lowest BCUT2D eigenvalue weighted by Gasteiger charge is -2.27. The molecule has 1 aliphatic rings. The van der Waals surface area contributed by atoms with Gasteiger partial charge >= 0.3 is 0 Å². The van der Waals surface area contributed by atoms with Crippen LogP contribution in [0.15, 0.2) is 82.5 Å². The van der Waals surface area contributed by atoms with Crippen molar-refractivity contribution in [3.05, 3.63) is 106 Å². The van der Waals surface area contributed by atoms with Crippen LogP contribution in [0.5, 0.6) is 5.75 Å². The van der Waals surface area contributed by atoms with Crippen molar-refractivity contribution in [2.24, 2.45) is 0 Å². The molecule has 1 aliphatic heterocycles. The van der Waals surface area contributed by atoms with Gasteiger partial charge in [-0.15, -0.1) is 0 Å². The molecule has 0 spiro atoms. The number of Topliss-reactive ketones (excluding diaryl/α,β-unsaturated/α-hetero) is 1. The van der Waals surface area contributed by atoms with Crippen molar-refractivity contribution >= 4 is 39.9 Å². The Bertz CT molecular complexity index is 1540. The second-order valence-corrected chi connectivity index (χ2v) is 8.60. The molecule has 1 unspecified atom stereocenters.